The standard InChI is InChI=1S/C13H21N3O/c1-10(14)13-3-2-12(8-15-13)16-6-4-11(9-16)5-7-17/h2-3,8,10-11,17H,4-7,9,14H2,1H3. The van der Waals surface area contributed by atoms with Gasteiger partial charge in [0.1, 0.15) is 0 Å². The van der Waals surface area contributed by atoms with Crippen LogP contribution in [0.3, 0.4) is 0 Å². The zero-order valence-electron chi connectivity index (χ0n) is 10.3. The molecule has 1 aliphatic rings. The second kappa shape index (κ2) is 5.47. The van der Waals surface area contributed by atoms with Crippen molar-refractivity contribution in [2.45, 2.75) is 25.8 Å². The second-order valence-electron chi connectivity index (χ2n) is 4.84. The zero-order valence-corrected chi connectivity index (χ0v) is 10.3. The molecular weight excluding hydrogens is 214 g/mol. The molecule has 1 fully saturated rings. The van der Waals surface area contributed by atoms with Crippen molar-refractivity contribution in [1.29, 1.82) is 0 Å². The van der Waals surface area contributed by atoms with E-state index >= 15 is 0 Å². The summed E-state index contributed by atoms with van der Waals surface area (Å²) in [7, 11) is 0. The number of aromatic nitrogens is 1. The van der Waals surface area contributed by atoms with E-state index in [1.165, 1.54) is 0 Å². The van der Waals surface area contributed by atoms with E-state index in [0.29, 0.717) is 12.5 Å². The summed E-state index contributed by atoms with van der Waals surface area (Å²) >= 11 is 0. The quantitative estimate of drug-likeness (QED) is 0.826. The number of hydrogen-bond donors (Lipinski definition) is 2. The van der Waals surface area contributed by atoms with E-state index in [-0.39, 0.29) is 6.04 Å². The molecule has 1 aliphatic heterocycles. The van der Waals surface area contributed by atoms with Crippen molar-refractivity contribution in [2.75, 3.05) is 24.6 Å². The average Bonchev–Trinajstić information content (AvgIpc) is 2.78. The minimum Gasteiger partial charge on any atom is -0.396 e. The molecule has 0 bridgehead atoms. The molecule has 2 unspecified atom stereocenters. The summed E-state index contributed by atoms with van der Waals surface area (Å²) in [6.07, 6.45) is 3.97. The Morgan fingerprint density at radius 1 is 1.59 bits per heavy atom. The van der Waals surface area contributed by atoms with Gasteiger partial charge in [-0.1, -0.05) is 0 Å². The van der Waals surface area contributed by atoms with Gasteiger partial charge in [-0.25, -0.2) is 0 Å². The molecule has 0 aromatic carbocycles. The van der Waals surface area contributed by atoms with Gasteiger partial charge < -0.3 is 15.7 Å². The number of nitrogens with zero attached hydrogens (tertiary/aromatic N) is 2. The first-order valence-corrected chi connectivity index (χ1v) is 6.28. The molecule has 94 valence electrons. The van der Waals surface area contributed by atoms with Crippen LogP contribution in [0.4, 0.5) is 5.69 Å². The molecule has 1 aromatic heterocycles. The number of rotatable bonds is 4. The first-order chi connectivity index (χ1) is 8.20. The molecule has 2 heterocycles. The maximum Gasteiger partial charge on any atom is 0.0569 e. The maximum absolute atomic E-state index is 8.94. The predicted octanol–water partition coefficient (Wildman–Crippen LogP) is 1.31. The minimum atomic E-state index is -0.00948. The summed E-state index contributed by atoms with van der Waals surface area (Å²) in [5.74, 6) is 0.619. The number of nitrogens with two attached hydrogens (primary N) is 1. The van der Waals surface area contributed by atoms with Crippen LogP contribution in [-0.2, 0) is 0 Å². The van der Waals surface area contributed by atoms with Crippen molar-refractivity contribution in [2.24, 2.45) is 11.7 Å². The van der Waals surface area contributed by atoms with Crippen LogP contribution >= 0.6 is 0 Å². The SMILES string of the molecule is CC(N)c1ccc(N2CCC(CCO)C2)cn1. The lowest BCUT2D eigenvalue weighted by Gasteiger charge is -2.18. The van der Waals surface area contributed by atoms with Gasteiger partial charge >= 0.3 is 0 Å². The van der Waals surface area contributed by atoms with E-state index < -0.39 is 0 Å². The van der Waals surface area contributed by atoms with Gasteiger partial charge in [-0.15, -0.1) is 0 Å². The summed E-state index contributed by atoms with van der Waals surface area (Å²) in [6.45, 7) is 4.32. The normalized spacial score (nSPS) is 21.8. The summed E-state index contributed by atoms with van der Waals surface area (Å²) < 4.78 is 0. The largest absolute Gasteiger partial charge is 0.396 e. The van der Waals surface area contributed by atoms with Gasteiger partial charge in [-0.2, -0.15) is 0 Å². The lowest BCUT2D eigenvalue weighted by molar-refractivity contribution is 0.263. The summed E-state index contributed by atoms with van der Waals surface area (Å²) in [5, 5.41) is 8.94. The van der Waals surface area contributed by atoms with Crippen molar-refractivity contribution < 1.29 is 5.11 Å². The monoisotopic (exact) mass is 235 g/mol. The predicted molar refractivity (Wildman–Crippen MR) is 68.9 cm³/mol. The average molecular weight is 235 g/mol. The van der Waals surface area contributed by atoms with Crippen molar-refractivity contribution in [3.05, 3.63) is 24.0 Å². The van der Waals surface area contributed by atoms with Gasteiger partial charge in [0.2, 0.25) is 0 Å². The Bertz CT molecular complexity index is 350. The highest BCUT2D eigenvalue weighted by Crippen LogP contribution is 2.25. The number of aliphatic hydroxyl groups excluding tert-OH is 1. The van der Waals surface area contributed by atoms with E-state index in [1.54, 1.807) is 0 Å². The highest BCUT2D eigenvalue weighted by atomic mass is 16.3. The van der Waals surface area contributed by atoms with Gasteiger partial charge in [0.25, 0.3) is 0 Å². The molecule has 3 N–H and O–H groups in total. The van der Waals surface area contributed by atoms with Crippen LogP contribution in [0.2, 0.25) is 0 Å². The first-order valence-electron chi connectivity index (χ1n) is 6.28. The third-order valence-corrected chi connectivity index (χ3v) is 3.43. The van der Waals surface area contributed by atoms with Gasteiger partial charge in [0, 0.05) is 25.7 Å². The molecule has 2 atom stereocenters. The Kier molecular flexibility index (Phi) is 3.97. The molecule has 0 amide bonds. The fourth-order valence-corrected chi connectivity index (χ4v) is 2.34. The van der Waals surface area contributed by atoms with Crippen LogP contribution in [0.5, 0.6) is 0 Å². The molecular formula is C13H21N3O. The molecule has 1 aromatic rings. The Hall–Kier alpha value is -1.13. The van der Waals surface area contributed by atoms with E-state index in [1.807, 2.05) is 19.2 Å². The molecule has 0 spiro atoms. The second-order valence-corrected chi connectivity index (χ2v) is 4.84. The Labute approximate surface area is 102 Å². The van der Waals surface area contributed by atoms with Crippen LogP contribution in [0.25, 0.3) is 0 Å². The van der Waals surface area contributed by atoms with Crippen molar-refractivity contribution in [1.82, 2.24) is 4.98 Å². The van der Waals surface area contributed by atoms with Crippen LogP contribution in [0.1, 0.15) is 31.5 Å². The van der Waals surface area contributed by atoms with Gasteiger partial charge in [-0.05, 0) is 37.8 Å². The van der Waals surface area contributed by atoms with E-state index in [0.717, 1.165) is 37.3 Å². The van der Waals surface area contributed by atoms with E-state index in [4.69, 9.17) is 10.8 Å². The van der Waals surface area contributed by atoms with E-state index in [2.05, 4.69) is 16.0 Å². The van der Waals surface area contributed by atoms with Crippen LogP contribution in [-0.4, -0.2) is 29.8 Å². The molecule has 17 heavy (non-hydrogen) atoms. The lowest BCUT2D eigenvalue weighted by atomic mass is 10.1. The topological polar surface area (TPSA) is 62.4 Å². The first kappa shape index (κ1) is 12.3. The smallest absolute Gasteiger partial charge is 0.0569 e. The molecule has 4 nitrogen and oxygen atoms in total. The lowest BCUT2D eigenvalue weighted by Crippen LogP contribution is -2.20. The van der Waals surface area contributed by atoms with Crippen LogP contribution in [0.15, 0.2) is 18.3 Å². The molecule has 0 saturated carbocycles. The Balaban J connectivity index is 1.99. The number of aliphatic hydroxyl groups is 1. The number of pyridine rings is 1. The van der Waals surface area contributed by atoms with Gasteiger partial charge in [-0.3, -0.25) is 4.98 Å². The van der Waals surface area contributed by atoms with Gasteiger partial charge in [0.15, 0.2) is 0 Å². The molecule has 2 rings (SSSR count). The zero-order chi connectivity index (χ0) is 12.3. The van der Waals surface area contributed by atoms with Gasteiger partial charge in [0.05, 0.1) is 17.6 Å². The molecule has 0 aliphatic carbocycles. The Morgan fingerprint density at radius 3 is 3.00 bits per heavy atom. The van der Waals surface area contributed by atoms with E-state index in [9.17, 15) is 0 Å². The minimum absolute atomic E-state index is 0.00948. The third-order valence-electron chi connectivity index (χ3n) is 3.43. The molecule has 4 heteroatoms. The van der Waals surface area contributed by atoms with Crippen molar-refractivity contribution >= 4 is 5.69 Å². The number of anilines is 1. The fourth-order valence-electron chi connectivity index (χ4n) is 2.34. The fraction of sp³-hybridized carbons (Fsp3) is 0.615. The maximum atomic E-state index is 8.94. The summed E-state index contributed by atoms with van der Waals surface area (Å²) in [4.78, 5) is 6.71. The Morgan fingerprint density at radius 2 is 2.41 bits per heavy atom. The summed E-state index contributed by atoms with van der Waals surface area (Å²) in [6, 6.07) is 4.08. The van der Waals surface area contributed by atoms with Crippen molar-refractivity contribution in [3.63, 3.8) is 0 Å². The highest BCUT2D eigenvalue weighted by Gasteiger charge is 2.22. The molecule has 1 saturated heterocycles. The highest BCUT2D eigenvalue weighted by molar-refractivity contribution is 5.45. The van der Waals surface area contributed by atoms with Crippen LogP contribution < -0.4 is 10.6 Å². The summed E-state index contributed by atoms with van der Waals surface area (Å²) in [5.41, 5.74) is 7.87. The van der Waals surface area contributed by atoms with Crippen molar-refractivity contribution in [3.8, 4) is 0 Å². The van der Waals surface area contributed by atoms with Crippen LogP contribution in [0, 0.1) is 5.92 Å². The third kappa shape index (κ3) is 2.96. The number of hydrogen-bond acceptors (Lipinski definition) is 4. The molecule has 0 radical (unpaired) electrons.